The largest absolute Gasteiger partial charge is 0.339 e. The maximum atomic E-state index is 12.0. The lowest BCUT2D eigenvalue weighted by molar-refractivity contribution is -0.136. The van der Waals surface area contributed by atoms with Crippen LogP contribution in [0.4, 0.5) is 0 Å². The van der Waals surface area contributed by atoms with Gasteiger partial charge in [-0.2, -0.15) is 0 Å². The summed E-state index contributed by atoms with van der Waals surface area (Å²) in [4.78, 5) is 16.1. The first-order valence-corrected chi connectivity index (χ1v) is 5.94. The van der Waals surface area contributed by atoms with Crippen molar-refractivity contribution in [2.45, 2.75) is 38.3 Å². The summed E-state index contributed by atoms with van der Waals surface area (Å²) in [5, 5.41) is 0. The molecule has 2 fully saturated rings. The van der Waals surface area contributed by atoms with Crippen LogP contribution in [-0.2, 0) is 4.79 Å². The minimum absolute atomic E-state index is 0.286. The van der Waals surface area contributed by atoms with E-state index in [-0.39, 0.29) is 11.9 Å². The van der Waals surface area contributed by atoms with Crippen LogP contribution in [-0.4, -0.2) is 54.0 Å². The van der Waals surface area contributed by atoms with Crippen LogP contribution in [0.2, 0.25) is 0 Å². The molecule has 15 heavy (non-hydrogen) atoms. The molecular formula is C11H21N3O. The molecule has 86 valence electrons. The lowest BCUT2D eigenvalue weighted by Gasteiger charge is -2.39. The molecule has 1 atom stereocenters. The molecule has 2 aliphatic heterocycles. The topological polar surface area (TPSA) is 49.6 Å². The Kier molecular flexibility index (Phi) is 3.26. The Hall–Kier alpha value is -0.610. The molecule has 0 unspecified atom stereocenters. The molecule has 0 aromatic rings. The molecule has 2 rings (SSSR count). The van der Waals surface area contributed by atoms with Gasteiger partial charge in [0.2, 0.25) is 5.91 Å². The minimum Gasteiger partial charge on any atom is -0.339 e. The lowest BCUT2D eigenvalue weighted by atomic mass is 10.0. The number of likely N-dealkylation sites (tertiary alicyclic amines) is 2. The fourth-order valence-electron chi connectivity index (χ4n) is 2.49. The molecule has 2 saturated heterocycles. The van der Waals surface area contributed by atoms with Crippen molar-refractivity contribution in [1.82, 2.24) is 9.80 Å². The van der Waals surface area contributed by atoms with Gasteiger partial charge in [-0.1, -0.05) is 0 Å². The third-order valence-corrected chi connectivity index (χ3v) is 3.47. The Labute approximate surface area is 91.4 Å². The Balaban J connectivity index is 1.79. The van der Waals surface area contributed by atoms with Crippen LogP contribution in [0, 0.1) is 0 Å². The summed E-state index contributed by atoms with van der Waals surface area (Å²) < 4.78 is 0. The maximum absolute atomic E-state index is 12.0. The third-order valence-electron chi connectivity index (χ3n) is 3.47. The highest BCUT2D eigenvalue weighted by molar-refractivity contribution is 5.78. The number of nitrogens with zero attached hydrogens (tertiary/aromatic N) is 2. The molecule has 0 aromatic carbocycles. The second kappa shape index (κ2) is 4.49. The van der Waals surface area contributed by atoms with E-state index in [0.717, 1.165) is 32.5 Å². The van der Waals surface area contributed by atoms with Gasteiger partial charge in [-0.15, -0.1) is 0 Å². The second-order valence-electron chi connectivity index (χ2n) is 4.89. The van der Waals surface area contributed by atoms with Crippen molar-refractivity contribution in [2.24, 2.45) is 5.73 Å². The maximum Gasteiger partial charge on any atom is 0.236 e. The van der Waals surface area contributed by atoms with Crippen molar-refractivity contribution in [3.8, 4) is 0 Å². The van der Waals surface area contributed by atoms with Crippen LogP contribution in [0.1, 0.15) is 26.2 Å². The highest BCUT2D eigenvalue weighted by Gasteiger charge is 2.29. The third kappa shape index (κ3) is 2.49. The SMILES string of the molecule is C[C@@H]1CCCCN1C(=O)CN1CC(N)C1. The van der Waals surface area contributed by atoms with E-state index in [1.54, 1.807) is 0 Å². The highest BCUT2D eigenvalue weighted by Crippen LogP contribution is 2.17. The minimum atomic E-state index is 0.286. The number of rotatable bonds is 2. The zero-order valence-electron chi connectivity index (χ0n) is 9.48. The molecule has 0 saturated carbocycles. The van der Waals surface area contributed by atoms with E-state index in [0.29, 0.717) is 12.6 Å². The van der Waals surface area contributed by atoms with Crippen LogP contribution < -0.4 is 5.73 Å². The number of carbonyl (C=O) groups is 1. The van der Waals surface area contributed by atoms with Gasteiger partial charge in [-0.05, 0) is 26.2 Å². The van der Waals surface area contributed by atoms with Crippen LogP contribution in [0.15, 0.2) is 0 Å². The van der Waals surface area contributed by atoms with Gasteiger partial charge in [-0.3, -0.25) is 9.69 Å². The first-order chi connectivity index (χ1) is 7.16. The van der Waals surface area contributed by atoms with E-state index in [1.807, 2.05) is 4.90 Å². The van der Waals surface area contributed by atoms with Gasteiger partial charge in [0, 0.05) is 31.7 Å². The summed E-state index contributed by atoms with van der Waals surface area (Å²) in [6.07, 6.45) is 3.58. The molecule has 2 N–H and O–H groups in total. The van der Waals surface area contributed by atoms with Gasteiger partial charge < -0.3 is 10.6 Å². The van der Waals surface area contributed by atoms with Gasteiger partial charge in [-0.25, -0.2) is 0 Å². The fourth-order valence-corrected chi connectivity index (χ4v) is 2.49. The molecule has 0 bridgehead atoms. The summed E-state index contributed by atoms with van der Waals surface area (Å²) in [5.74, 6) is 0.286. The Bertz CT molecular complexity index is 238. The van der Waals surface area contributed by atoms with E-state index in [1.165, 1.54) is 6.42 Å². The monoisotopic (exact) mass is 211 g/mol. The molecule has 4 heteroatoms. The van der Waals surface area contributed by atoms with E-state index in [4.69, 9.17) is 5.73 Å². The van der Waals surface area contributed by atoms with Crippen molar-refractivity contribution in [2.75, 3.05) is 26.2 Å². The lowest BCUT2D eigenvalue weighted by Crippen LogP contribution is -2.59. The average Bonchev–Trinajstić information content (AvgIpc) is 2.16. The van der Waals surface area contributed by atoms with E-state index < -0.39 is 0 Å². The number of nitrogens with two attached hydrogens (primary N) is 1. The van der Waals surface area contributed by atoms with E-state index in [9.17, 15) is 4.79 Å². The molecule has 2 aliphatic rings. The van der Waals surface area contributed by atoms with Crippen LogP contribution >= 0.6 is 0 Å². The predicted molar refractivity (Wildman–Crippen MR) is 59.4 cm³/mol. The van der Waals surface area contributed by atoms with Gasteiger partial charge in [0.25, 0.3) is 0 Å². The van der Waals surface area contributed by atoms with Crippen molar-refractivity contribution < 1.29 is 4.79 Å². The fraction of sp³-hybridized carbons (Fsp3) is 0.909. The standard InChI is InChI=1S/C11H21N3O/c1-9-4-2-3-5-14(9)11(15)8-13-6-10(12)7-13/h9-10H,2-8,12H2,1H3/t9-/m1/s1. The molecule has 0 radical (unpaired) electrons. The zero-order valence-corrected chi connectivity index (χ0v) is 9.48. The smallest absolute Gasteiger partial charge is 0.236 e. The summed E-state index contributed by atoms with van der Waals surface area (Å²) in [6.45, 7) is 5.43. The summed E-state index contributed by atoms with van der Waals surface area (Å²) in [6, 6.07) is 0.720. The van der Waals surface area contributed by atoms with Crippen LogP contribution in [0.3, 0.4) is 0 Å². The Morgan fingerprint density at radius 2 is 2.13 bits per heavy atom. The van der Waals surface area contributed by atoms with Crippen LogP contribution in [0.25, 0.3) is 0 Å². The van der Waals surface area contributed by atoms with Gasteiger partial charge in [0.1, 0.15) is 0 Å². The van der Waals surface area contributed by atoms with Crippen molar-refractivity contribution in [3.05, 3.63) is 0 Å². The number of piperidine rings is 1. The van der Waals surface area contributed by atoms with E-state index in [2.05, 4.69) is 11.8 Å². The number of hydrogen-bond donors (Lipinski definition) is 1. The Morgan fingerprint density at radius 3 is 2.73 bits per heavy atom. The molecule has 1 amide bonds. The number of hydrogen-bond acceptors (Lipinski definition) is 3. The number of carbonyl (C=O) groups excluding carboxylic acids is 1. The summed E-state index contributed by atoms with van der Waals surface area (Å²) in [7, 11) is 0. The molecule has 2 heterocycles. The molecule has 0 aliphatic carbocycles. The van der Waals surface area contributed by atoms with Crippen molar-refractivity contribution in [3.63, 3.8) is 0 Å². The van der Waals surface area contributed by atoms with Gasteiger partial charge >= 0.3 is 0 Å². The van der Waals surface area contributed by atoms with Gasteiger partial charge in [0.05, 0.1) is 6.54 Å². The Morgan fingerprint density at radius 1 is 1.40 bits per heavy atom. The van der Waals surface area contributed by atoms with Crippen LogP contribution in [0.5, 0.6) is 0 Å². The zero-order chi connectivity index (χ0) is 10.8. The van der Waals surface area contributed by atoms with Crippen molar-refractivity contribution in [1.29, 1.82) is 0 Å². The molecule has 0 spiro atoms. The predicted octanol–water partition coefficient (Wildman–Crippen LogP) is 0.0303. The average molecular weight is 211 g/mol. The second-order valence-corrected chi connectivity index (χ2v) is 4.89. The first kappa shape index (κ1) is 10.9. The summed E-state index contributed by atoms with van der Waals surface area (Å²) in [5.41, 5.74) is 5.68. The molecular weight excluding hydrogens is 190 g/mol. The first-order valence-electron chi connectivity index (χ1n) is 5.94. The molecule has 0 aromatic heterocycles. The van der Waals surface area contributed by atoms with Crippen molar-refractivity contribution >= 4 is 5.91 Å². The summed E-state index contributed by atoms with van der Waals surface area (Å²) >= 11 is 0. The normalized spacial score (nSPS) is 28.9. The molecule has 4 nitrogen and oxygen atoms in total. The van der Waals surface area contributed by atoms with Gasteiger partial charge in [0.15, 0.2) is 0 Å². The van der Waals surface area contributed by atoms with E-state index >= 15 is 0 Å². The highest BCUT2D eigenvalue weighted by atomic mass is 16.2. The number of amides is 1. The quantitative estimate of drug-likeness (QED) is 0.701.